The minimum atomic E-state index is -0.0125. The van der Waals surface area contributed by atoms with Gasteiger partial charge in [-0.1, -0.05) is 6.07 Å². The van der Waals surface area contributed by atoms with E-state index in [2.05, 4.69) is 16.3 Å². The Kier molecular flexibility index (Phi) is 5.18. The molecule has 9 nitrogen and oxygen atoms in total. The molecule has 1 saturated heterocycles. The van der Waals surface area contributed by atoms with Gasteiger partial charge < -0.3 is 15.4 Å². The number of amides is 1. The van der Waals surface area contributed by atoms with Crippen molar-refractivity contribution in [3.8, 4) is 22.9 Å². The maximum Gasteiger partial charge on any atom is 0.254 e. The van der Waals surface area contributed by atoms with Gasteiger partial charge in [0.15, 0.2) is 0 Å². The third-order valence-corrected chi connectivity index (χ3v) is 6.04. The summed E-state index contributed by atoms with van der Waals surface area (Å²) in [5.41, 5.74) is 9.92. The van der Waals surface area contributed by atoms with Gasteiger partial charge in [0.1, 0.15) is 22.9 Å². The molecule has 1 unspecified atom stereocenters. The van der Waals surface area contributed by atoms with Gasteiger partial charge in [0.25, 0.3) is 5.91 Å². The number of likely N-dealkylation sites (tertiary alicyclic amines) is 1. The Morgan fingerprint density at radius 2 is 2.09 bits per heavy atom. The number of rotatable bonds is 4. The van der Waals surface area contributed by atoms with E-state index in [0.717, 1.165) is 24.0 Å². The summed E-state index contributed by atoms with van der Waals surface area (Å²) in [7, 11) is 1.57. The number of carbonyl (C=O) groups excluding carboxylic acids is 1. The Balaban J connectivity index is 1.39. The number of hydrogen-bond acceptors (Lipinski definition) is 6. The predicted octanol–water partition coefficient (Wildman–Crippen LogP) is 3.14. The van der Waals surface area contributed by atoms with Crippen LogP contribution in [-0.2, 0) is 0 Å². The predicted molar refractivity (Wildman–Crippen MR) is 123 cm³/mol. The lowest BCUT2D eigenvalue weighted by atomic mass is 10.0. The average Bonchev–Trinajstić information content (AvgIpc) is 3.50. The van der Waals surface area contributed by atoms with Gasteiger partial charge in [0, 0.05) is 47.9 Å². The molecule has 0 saturated carbocycles. The molecule has 4 aromatic rings. The van der Waals surface area contributed by atoms with Gasteiger partial charge in [-0.2, -0.15) is 15.5 Å². The molecular formula is C24H23N7O2. The van der Waals surface area contributed by atoms with Crippen molar-refractivity contribution >= 4 is 17.1 Å². The molecule has 1 aliphatic heterocycles. The van der Waals surface area contributed by atoms with E-state index in [0.29, 0.717) is 41.2 Å². The Morgan fingerprint density at radius 1 is 1.21 bits per heavy atom. The van der Waals surface area contributed by atoms with Crippen LogP contribution >= 0.6 is 0 Å². The number of fused-ring (bicyclic) bond motifs is 1. The second-order valence-electron chi connectivity index (χ2n) is 8.14. The van der Waals surface area contributed by atoms with Gasteiger partial charge >= 0.3 is 0 Å². The number of nitriles is 1. The van der Waals surface area contributed by atoms with Crippen molar-refractivity contribution in [1.82, 2.24) is 24.3 Å². The minimum absolute atomic E-state index is 0.0125. The van der Waals surface area contributed by atoms with E-state index in [1.54, 1.807) is 42.1 Å². The van der Waals surface area contributed by atoms with E-state index in [4.69, 9.17) is 10.5 Å². The lowest BCUT2D eigenvalue weighted by Gasteiger charge is -2.33. The summed E-state index contributed by atoms with van der Waals surface area (Å²) < 4.78 is 9.09. The molecule has 5 rings (SSSR count). The van der Waals surface area contributed by atoms with E-state index >= 15 is 0 Å². The number of hydrogen-bond donors (Lipinski definition) is 1. The highest BCUT2D eigenvalue weighted by atomic mass is 16.5. The molecule has 33 heavy (non-hydrogen) atoms. The Labute approximate surface area is 190 Å². The van der Waals surface area contributed by atoms with Crippen molar-refractivity contribution in [3.05, 3.63) is 66.2 Å². The van der Waals surface area contributed by atoms with Crippen LogP contribution in [0.2, 0.25) is 0 Å². The first kappa shape index (κ1) is 20.6. The maximum atomic E-state index is 13.0. The lowest BCUT2D eigenvalue weighted by molar-refractivity contribution is 0.0673. The number of carbonyl (C=O) groups is 1. The quantitative estimate of drug-likeness (QED) is 0.487. The summed E-state index contributed by atoms with van der Waals surface area (Å²) >= 11 is 0. The first-order valence-electron chi connectivity index (χ1n) is 10.7. The van der Waals surface area contributed by atoms with Crippen molar-refractivity contribution < 1.29 is 9.53 Å². The van der Waals surface area contributed by atoms with E-state index in [1.165, 1.54) is 6.20 Å². The van der Waals surface area contributed by atoms with Crippen molar-refractivity contribution in [3.63, 3.8) is 0 Å². The average molecular weight is 441 g/mol. The first-order valence-corrected chi connectivity index (χ1v) is 10.7. The van der Waals surface area contributed by atoms with Gasteiger partial charge in [-0.3, -0.25) is 9.48 Å². The monoisotopic (exact) mass is 441 g/mol. The minimum Gasteiger partial charge on any atom is -0.494 e. The summed E-state index contributed by atoms with van der Waals surface area (Å²) in [5.74, 6) is 0.562. The third-order valence-electron chi connectivity index (χ3n) is 6.04. The van der Waals surface area contributed by atoms with Gasteiger partial charge in [-0.15, -0.1) is 0 Å². The summed E-state index contributed by atoms with van der Waals surface area (Å²) in [5, 5.41) is 18.2. The van der Waals surface area contributed by atoms with Crippen LogP contribution in [0.4, 0.5) is 5.69 Å². The van der Waals surface area contributed by atoms with Crippen LogP contribution in [0.3, 0.4) is 0 Å². The molecule has 1 aliphatic rings. The van der Waals surface area contributed by atoms with E-state index in [9.17, 15) is 10.1 Å². The fourth-order valence-electron chi connectivity index (χ4n) is 4.38. The zero-order valence-electron chi connectivity index (χ0n) is 18.2. The van der Waals surface area contributed by atoms with Crippen molar-refractivity contribution in [2.45, 2.75) is 18.9 Å². The molecule has 4 heterocycles. The Morgan fingerprint density at radius 3 is 2.88 bits per heavy atom. The number of aromatic nitrogens is 4. The number of benzene rings is 1. The third kappa shape index (κ3) is 3.76. The number of nitrogens with two attached hydrogens (primary N) is 1. The van der Waals surface area contributed by atoms with Gasteiger partial charge in [-0.25, -0.2) is 4.52 Å². The zero-order chi connectivity index (χ0) is 22.9. The highest BCUT2D eigenvalue weighted by Crippen LogP contribution is 2.31. The van der Waals surface area contributed by atoms with Crippen LogP contribution < -0.4 is 10.5 Å². The van der Waals surface area contributed by atoms with Crippen molar-refractivity contribution in [2.24, 2.45) is 0 Å². The van der Waals surface area contributed by atoms with Crippen LogP contribution in [0.5, 0.6) is 5.75 Å². The summed E-state index contributed by atoms with van der Waals surface area (Å²) in [4.78, 5) is 14.8. The van der Waals surface area contributed by atoms with Crippen LogP contribution in [0, 0.1) is 11.3 Å². The number of pyridine rings is 1. The molecule has 2 N–H and O–H groups in total. The lowest BCUT2D eigenvalue weighted by Crippen LogP contribution is -2.40. The highest BCUT2D eigenvalue weighted by Gasteiger charge is 2.26. The molecule has 1 atom stereocenters. The summed E-state index contributed by atoms with van der Waals surface area (Å²) in [6.45, 7) is 1.30. The smallest absolute Gasteiger partial charge is 0.254 e. The number of ether oxygens (including phenoxy) is 1. The maximum absolute atomic E-state index is 13.0. The second-order valence-corrected chi connectivity index (χ2v) is 8.14. The molecule has 1 amide bonds. The number of nitrogens with zero attached hydrogens (tertiary/aromatic N) is 6. The largest absolute Gasteiger partial charge is 0.494 e. The van der Waals surface area contributed by atoms with Gasteiger partial charge in [-0.05, 0) is 37.1 Å². The molecule has 3 aromatic heterocycles. The van der Waals surface area contributed by atoms with E-state index < -0.39 is 0 Å². The Bertz CT molecular complexity index is 1380. The zero-order valence-corrected chi connectivity index (χ0v) is 18.2. The molecule has 166 valence electrons. The fourth-order valence-corrected chi connectivity index (χ4v) is 4.38. The molecule has 1 fully saturated rings. The van der Waals surface area contributed by atoms with E-state index in [1.807, 2.05) is 28.0 Å². The number of piperidine rings is 1. The number of anilines is 1. The normalized spacial score (nSPS) is 16.0. The SMILES string of the molecule is COc1cc(-c2cnn(C3CCCN(C(=O)c4cccc(N)c4)C3)c2)cn2ncc(C#N)c12. The number of methoxy groups -OCH3 is 1. The van der Waals surface area contributed by atoms with Gasteiger partial charge in [0.05, 0.1) is 25.5 Å². The molecule has 1 aromatic carbocycles. The van der Waals surface area contributed by atoms with Crippen LogP contribution in [0.25, 0.3) is 16.6 Å². The number of nitrogen functional groups attached to an aromatic ring is 1. The molecular weight excluding hydrogens is 418 g/mol. The standard InChI is InChI=1S/C24H23N7O2/c1-33-22-9-17(13-31-23(22)18(10-25)11-28-31)19-12-27-30(14-19)21-6-3-7-29(15-21)24(32)16-4-2-5-20(26)8-16/h2,4-5,8-9,11-14,21H,3,6-7,15,26H2,1H3. The first-order chi connectivity index (χ1) is 16.1. The topological polar surface area (TPSA) is 114 Å². The van der Waals surface area contributed by atoms with Crippen LogP contribution in [-0.4, -0.2) is 50.4 Å². The van der Waals surface area contributed by atoms with Crippen LogP contribution in [0.15, 0.2) is 55.1 Å². The highest BCUT2D eigenvalue weighted by molar-refractivity contribution is 5.95. The van der Waals surface area contributed by atoms with Gasteiger partial charge in [0.2, 0.25) is 0 Å². The molecule has 0 aliphatic carbocycles. The second kappa shape index (κ2) is 8.31. The summed E-state index contributed by atoms with van der Waals surface area (Å²) in [6, 6.07) is 11.2. The van der Waals surface area contributed by atoms with Crippen molar-refractivity contribution in [2.75, 3.05) is 25.9 Å². The Hall–Kier alpha value is -4.32. The molecule has 0 spiro atoms. The summed E-state index contributed by atoms with van der Waals surface area (Å²) in [6.07, 6.45) is 9.00. The van der Waals surface area contributed by atoms with E-state index in [-0.39, 0.29) is 11.9 Å². The molecule has 0 bridgehead atoms. The van der Waals surface area contributed by atoms with Crippen LogP contribution in [0.1, 0.15) is 34.8 Å². The fraction of sp³-hybridized carbons (Fsp3) is 0.250. The molecule has 9 heteroatoms. The van der Waals surface area contributed by atoms with Crippen molar-refractivity contribution in [1.29, 1.82) is 5.26 Å². The molecule has 0 radical (unpaired) electrons.